The van der Waals surface area contributed by atoms with E-state index in [1.54, 1.807) is 14.0 Å². The third kappa shape index (κ3) is 2.36. The smallest absolute Gasteiger partial charge is 0.329 e. The van der Waals surface area contributed by atoms with Gasteiger partial charge in [-0.05, 0) is 32.6 Å². The largest absolute Gasteiger partial charge is 0.464 e. The van der Waals surface area contributed by atoms with Crippen LogP contribution in [0, 0.1) is 5.41 Å². The fraction of sp³-hybridized carbons (Fsp3) is 0.846. The summed E-state index contributed by atoms with van der Waals surface area (Å²) in [7, 11) is 1.71. The van der Waals surface area contributed by atoms with Gasteiger partial charge in [-0.1, -0.05) is 0 Å². The fourth-order valence-corrected chi connectivity index (χ4v) is 3.19. The molecule has 0 aromatic heterocycles. The zero-order valence-electron chi connectivity index (χ0n) is 11.0. The summed E-state index contributed by atoms with van der Waals surface area (Å²) in [5, 5.41) is 2.78. The first-order valence-corrected chi connectivity index (χ1v) is 6.60. The Balaban J connectivity index is 2.09. The van der Waals surface area contributed by atoms with Crippen LogP contribution in [0.3, 0.4) is 0 Å². The van der Waals surface area contributed by atoms with Crippen molar-refractivity contribution in [3.05, 3.63) is 0 Å². The average molecular weight is 255 g/mol. The Kier molecular flexibility index (Phi) is 3.90. The van der Waals surface area contributed by atoms with Crippen molar-refractivity contribution in [2.24, 2.45) is 5.41 Å². The van der Waals surface area contributed by atoms with Gasteiger partial charge in [-0.25, -0.2) is 4.79 Å². The number of carbonyl (C=O) groups is 2. The van der Waals surface area contributed by atoms with Crippen LogP contribution in [0.4, 0.5) is 0 Å². The van der Waals surface area contributed by atoms with Crippen molar-refractivity contribution in [1.29, 1.82) is 0 Å². The zero-order chi connectivity index (χ0) is 13.2. The Labute approximate surface area is 107 Å². The highest BCUT2D eigenvalue weighted by molar-refractivity contribution is 5.90. The standard InChI is InChI=1S/C13H21NO4/c1-3-18-12(16)11-13(8-10(15)14-11)6-4-9(17-2)5-7-13/h9,11H,3-8H2,1-2H3,(H,14,15). The van der Waals surface area contributed by atoms with Crippen LogP contribution < -0.4 is 5.32 Å². The monoisotopic (exact) mass is 255 g/mol. The summed E-state index contributed by atoms with van der Waals surface area (Å²) >= 11 is 0. The van der Waals surface area contributed by atoms with Crippen LogP contribution >= 0.6 is 0 Å². The number of hydrogen-bond acceptors (Lipinski definition) is 4. The first kappa shape index (κ1) is 13.3. The lowest BCUT2D eigenvalue weighted by atomic mass is 9.68. The topological polar surface area (TPSA) is 64.6 Å². The molecule has 1 aliphatic carbocycles. The summed E-state index contributed by atoms with van der Waals surface area (Å²) in [6.45, 7) is 2.13. The van der Waals surface area contributed by atoms with Crippen LogP contribution in [0.2, 0.25) is 0 Å². The number of carbonyl (C=O) groups excluding carboxylic acids is 2. The van der Waals surface area contributed by atoms with E-state index in [0.29, 0.717) is 13.0 Å². The van der Waals surface area contributed by atoms with E-state index in [0.717, 1.165) is 25.7 Å². The minimum absolute atomic E-state index is 0.0380. The van der Waals surface area contributed by atoms with Crippen LogP contribution in [0.1, 0.15) is 39.0 Å². The zero-order valence-corrected chi connectivity index (χ0v) is 11.0. The lowest BCUT2D eigenvalue weighted by molar-refractivity contribution is -0.149. The van der Waals surface area contributed by atoms with Gasteiger partial charge in [0.2, 0.25) is 5.91 Å². The third-order valence-electron chi connectivity index (χ3n) is 4.21. The van der Waals surface area contributed by atoms with Crippen molar-refractivity contribution in [3.8, 4) is 0 Å². The predicted molar refractivity (Wildman–Crippen MR) is 64.9 cm³/mol. The van der Waals surface area contributed by atoms with Gasteiger partial charge >= 0.3 is 5.97 Å². The van der Waals surface area contributed by atoms with Gasteiger partial charge in [0, 0.05) is 18.9 Å². The van der Waals surface area contributed by atoms with Crippen LogP contribution in [0.5, 0.6) is 0 Å². The maximum atomic E-state index is 11.9. The van der Waals surface area contributed by atoms with Crippen LogP contribution in [0.15, 0.2) is 0 Å². The number of rotatable bonds is 3. The second-order valence-electron chi connectivity index (χ2n) is 5.23. The molecule has 1 N–H and O–H groups in total. The molecule has 1 saturated carbocycles. The number of ether oxygens (including phenoxy) is 2. The number of esters is 1. The molecule has 0 radical (unpaired) electrons. The van der Waals surface area contributed by atoms with Crippen molar-refractivity contribution in [3.63, 3.8) is 0 Å². The number of amides is 1. The maximum Gasteiger partial charge on any atom is 0.329 e. The van der Waals surface area contributed by atoms with Gasteiger partial charge in [0.25, 0.3) is 0 Å². The molecular formula is C13H21NO4. The Morgan fingerprint density at radius 3 is 2.67 bits per heavy atom. The molecule has 5 heteroatoms. The molecular weight excluding hydrogens is 234 g/mol. The Morgan fingerprint density at radius 2 is 2.11 bits per heavy atom. The summed E-state index contributed by atoms with van der Waals surface area (Å²) in [5.74, 6) is -0.330. The van der Waals surface area contributed by atoms with E-state index in [2.05, 4.69) is 5.32 Å². The highest BCUT2D eigenvalue weighted by atomic mass is 16.5. The highest BCUT2D eigenvalue weighted by Gasteiger charge is 2.52. The minimum Gasteiger partial charge on any atom is -0.464 e. The lowest BCUT2D eigenvalue weighted by Crippen LogP contribution is -2.47. The fourth-order valence-electron chi connectivity index (χ4n) is 3.19. The predicted octanol–water partition coefficient (Wildman–Crippen LogP) is 1.01. The molecule has 2 fully saturated rings. The molecule has 2 rings (SSSR count). The first-order chi connectivity index (χ1) is 8.61. The molecule has 1 saturated heterocycles. The molecule has 5 nitrogen and oxygen atoms in total. The first-order valence-electron chi connectivity index (χ1n) is 6.60. The van der Waals surface area contributed by atoms with Crippen molar-refractivity contribution < 1.29 is 19.1 Å². The van der Waals surface area contributed by atoms with E-state index in [9.17, 15) is 9.59 Å². The normalized spacial score (nSPS) is 35.6. The van der Waals surface area contributed by atoms with E-state index in [-0.39, 0.29) is 23.4 Å². The van der Waals surface area contributed by atoms with Crippen molar-refractivity contribution in [2.75, 3.05) is 13.7 Å². The van der Waals surface area contributed by atoms with Crippen LogP contribution in [-0.4, -0.2) is 37.7 Å². The van der Waals surface area contributed by atoms with Gasteiger partial charge < -0.3 is 14.8 Å². The average Bonchev–Trinajstić information content (AvgIpc) is 2.68. The molecule has 1 aliphatic heterocycles. The minimum atomic E-state index is -0.470. The maximum absolute atomic E-state index is 11.9. The van der Waals surface area contributed by atoms with Gasteiger partial charge in [0.1, 0.15) is 6.04 Å². The van der Waals surface area contributed by atoms with E-state index in [4.69, 9.17) is 9.47 Å². The Hall–Kier alpha value is -1.10. The lowest BCUT2D eigenvalue weighted by Gasteiger charge is -2.38. The molecule has 102 valence electrons. The molecule has 1 amide bonds. The van der Waals surface area contributed by atoms with Crippen molar-refractivity contribution in [2.45, 2.75) is 51.2 Å². The SMILES string of the molecule is CCOC(=O)C1NC(=O)CC12CCC(OC)CC2. The Bertz CT molecular complexity index is 334. The van der Waals surface area contributed by atoms with Gasteiger partial charge in [0.15, 0.2) is 0 Å². The molecule has 1 atom stereocenters. The van der Waals surface area contributed by atoms with Gasteiger partial charge in [-0.15, -0.1) is 0 Å². The molecule has 2 aliphatic rings. The summed E-state index contributed by atoms with van der Waals surface area (Å²) in [6, 6.07) is -0.470. The second kappa shape index (κ2) is 5.26. The van der Waals surface area contributed by atoms with Crippen molar-refractivity contribution >= 4 is 11.9 Å². The van der Waals surface area contributed by atoms with E-state index >= 15 is 0 Å². The van der Waals surface area contributed by atoms with E-state index in [1.807, 2.05) is 0 Å². The van der Waals surface area contributed by atoms with Crippen LogP contribution in [-0.2, 0) is 19.1 Å². The number of hydrogen-bond donors (Lipinski definition) is 1. The third-order valence-corrected chi connectivity index (χ3v) is 4.21. The molecule has 0 aromatic carbocycles. The number of nitrogens with one attached hydrogen (secondary N) is 1. The van der Waals surface area contributed by atoms with E-state index < -0.39 is 6.04 Å². The summed E-state index contributed by atoms with van der Waals surface area (Å²) < 4.78 is 10.4. The molecule has 18 heavy (non-hydrogen) atoms. The molecule has 0 bridgehead atoms. The molecule has 1 heterocycles. The van der Waals surface area contributed by atoms with Crippen molar-refractivity contribution in [1.82, 2.24) is 5.32 Å². The highest BCUT2D eigenvalue weighted by Crippen LogP contribution is 2.46. The van der Waals surface area contributed by atoms with Gasteiger partial charge in [0.05, 0.1) is 12.7 Å². The Morgan fingerprint density at radius 1 is 1.44 bits per heavy atom. The second-order valence-corrected chi connectivity index (χ2v) is 5.23. The summed E-state index contributed by atoms with van der Waals surface area (Å²) in [4.78, 5) is 23.6. The number of methoxy groups -OCH3 is 1. The molecule has 0 aromatic rings. The van der Waals surface area contributed by atoms with Gasteiger partial charge in [-0.2, -0.15) is 0 Å². The molecule has 1 spiro atoms. The summed E-state index contributed by atoms with van der Waals surface area (Å²) in [5.41, 5.74) is -0.252. The van der Waals surface area contributed by atoms with E-state index in [1.165, 1.54) is 0 Å². The summed E-state index contributed by atoms with van der Waals surface area (Å²) in [6.07, 6.45) is 4.19. The quantitative estimate of drug-likeness (QED) is 0.764. The van der Waals surface area contributed by atoms with Gasteiger partial charge in [-0.3, -0.25) is 4.79 Å². The molecule has 1 unspecified atom stereocenters. The van der Waals surface area contributed by atoms with Crippen LogP contribution in [0.25, 0.3) is 0 Å².